The van der Waals surface area contributed by atoms with Gasteiger partial charge in [-0.1, -0.05) is 23.8 Å². The average molecular weight is 378 g/mol. The molecule has 1 aliphatic heterocycles. The summed E-state index contributed by atoms with van der Waals surface area (Å²) < 4.78 is 6.98. The van der Waals surface area contributed by atoms with E-state index in [2.05, 4.69) is 42.2 Å². The van der Waals surface area contributed by atoms with Crippen molar-refractivity contribution < 1.29 is 9.53 Å². The second-order valence-corrected chi connectivity index (χ2v) is 8.09. The number of thioether (sulfide) groups is 1. The first-order valence-electron chi connectivity index (χ1n) is 8.98. The lowest BCUT2D eigenvalue weighted by molar-refractivity contribution is 0.0601. The van der Waals surface area contributed by atoms with Crippen LogP contribution in [0.4, 0.5) is 5.69 Å². The highest BCUT2D eigenvalue weighted by molar-refractivity contribution is 8.00. The first-order valence-corrected chi connectivity index (χ1v) is 9.86. The van der Waals surface area contributed by atoms with Crippen molar-refractivity contribution in [3.8, 4) is 5.69 Å². The van der Waals surface area contributed by atoms with Gasteiger partial charge in [-0.05, 0) is 43.3 Å². The van der Waals surface area contributed by atoms with E-state index in [1.54, 1.807) is 0 Å². The topological polar surface area (TPSA) is 34.5 Å². The van der Waals surface area contributed by atoms with Crippen molar-refractivity contribution in [2.45, 2.75) is 17.1 Å². The molecule has 0 aliphatic carbocycles. The molecule has 27 heavy (non-hydrogen) atoms. The molecule has 0 atom stereocenters. The monoisotopic (exact) mass is 378 g/mol. The zero-order valence-electron chi connectivity index (χ0n) is 15.5. The highest BCUT2D eigenvalue weighted by atomic mass is 32.2. The maximum Gasteiger partial charge on any atom is 0.340 e. The van der Waals surface area contributed by atoms with Crippen molar-refractivity contribution in [2.24, 2.45) is 0 Å². The predicted octanol–water partition coefficient (Wildman–Crippen LogP) is 4.55. The highest BCUT2D eigenvalue weighted by Crippen LogP contribution is 2.37. The number of carbonyl (C=O) groups excluding carboxylic acids is 1. The van der Waals surface area contributed by atoms with Crippen molar-refractivity contribution in [1.29, 1.82) is 0 Å². The van der Waals surface area contributed by atoms with Crippen LogP contribution in [0.2, 0.25) is 0 Å². The van der Waals surface area contributed by atoms with E-state index in [9.17, 15) is 4.79 Å². The summed E-state index contributed by atoms with van der Waals surface area (Å²) in [5.41, 5.74) is 3.81. The Morgan fingerprint density at radius 2 is 1.74 bits per heavy atom. The third-order valence-electron chi connectivity index (χ3n) is 4.80. The fraction of sp³-hybridized carbons (Fsp3) is 0.227. The molecule has 0 bridgehead atoms. The lowest BCUT2D eigenvalue weighted by Gasteiger charge is -2.41. The number of rotatable bonds is 5. The van der Waals surface area contributed by atoms with E-state index in [1.807, 2.05) is 53.0 Å². The summed E-state index contributed by atoms with van der Waals surface area (Å²) in [6.07, 6.45) is 3.92. The van der Waals surface area contributed by atoms with Gasteiger partial charge in [0.2, 0.25) is 0 Å². The first kappa shape index (κ1) is 17.7. The summed E-state index contributed by atoms with van der Waals surface area (Å²) in [4.78, 5) is 15.9. The second-order valence-electron chi connectivity index (χ2n) is 6.71. The number of hydrogen-bond acceptors (Lipinski definition) is 4. The number of aryl methyl sites for hydroxylation is 1. The number of nitrogens with zero attached hydrogens (tertiary/aromatic N) is 2. The van der Waals surface area contributed by atoms with Crippen LogP contribution in [-0.2, 0) is 4.74 Å². The Morgan fingerprint density at radius 1 is 1.04 bits per heavy atom. The number of ether oxygens (including phenoxy) is 1. The zero-order valence-corrected chi connectivity index (χ0v) is 16.3. The maximum atomic E-state index is 12.3. The lowest BCUT2D eigenvalue weighted by atomic mass is 10.1. The maximum absolute atomic E-state index is 12.3. The van der Waals surface area contributed by atoms with Crippen LogP contribution in [0.3, 0.4) is 0 Å². The minimum atomic E-state index is -0.313. The Kier molecular flexibility index (Phi) is 4.94. The molecule has 0 radical (unpaired) electrons. The number of para-hydroxylation sites is 1. The number of methoxy groups -OCH3 is 1. The number of carbonyl (C=O) groups is 1. The number of anilines is 1. The lowest BCUT2D eigenvalue weighted by Crippen LogP contribution is -2.49. The summed E-state index contributed by atoms with van der Waals surface area (Å²) in [5.74, 6) is -0.313. The van der Waals surface area contributed by atoms with Crippen molar-refractivity contribution in [2.75, 3.05) is 25.1 Å². The molecule has 1 aromatic heterocycles. The summed E-state index contributed by atoms with van der Waals surface area (Å²) >= 11 is 1.92. The standard InChI is InChI=1S/C22H22N2O2S/c1-16-8-10-17(11-9-16)27-18-14-24(15-18)20-7-5-6-19(22(25)26-2)21(20)23-12-3-4-13-23/h3-13,18H,14-15H2,1-2H3. The Bertz CT molecular complexity index is 929. The predicted molar refractivity (Wildman–Crippen MR) is 110 cm³/mol. The van der Waals surface area contributed by atoms with E-state index in [0.717, 1.165) is 24.5 Å². The van der Waals surface area contributed by atoms with Gasteiger partial charge in [-0.3, -0.25) is 0 Å². The van der Waals surface area contributed by atoms with Crippen molar-refractivity contribution >= 4 is 23.4 Å². The molecule has 0 saturated carbocycles. The summed E-state index contributed by atoms with van der Waals surface area (Å²) in [5, 5.41) is 0.548. The van der Waals surface area contributed by atoms with Crippen molar-refractivity contribution in [3.05, 3.63) is 78.1 Å². The molecule has 1 aliphatic rings. The van der Waals surface area contributed by atoms with Gasteiger partial charge in [-0.2, -0.15) is 0 Å². The van der Waals surface area contributed by atoms with E-state index in [1.165, 1.54) is 17.6 Å². The molecule has 0 spiro atoms. The number of aromatic nitrogens is 1. The number of benzene rings is 2. The largest absolute Gasteiger partial charge is 0.465 e. The SMILES string of the molecule is COC(=O)c1cccc(N2CC(Sc3ccc(C)cc3)C2)c1-n1cccc1. The van der Waals surface area contributed by atoms with E-state index >= 15 is 0 Å². The number of esters is 1. The molecule has 4 rings (SSSR count). The normalized spacial score (nSPS) is 14.1. The van der Waals surface area contributed by atoms with Crippen LogP contribution < -0.4 is 4.90 Å². The molecule has 5 heteroatoms. The molecule has 0 N–H and O–H groups in total. The van der Waals surface area contributed by atoms with Crippen LogP contribution in [-0.4, -0.2) is 36.0 Å². The Morgan fingerprint density at radius 3 is 2.41 bits per heavy atom. The van der Waals surface area contributed by atoms with Crippen molar-refractivity contribution in [3.63, 3.8) is 0 Å². The van der Waals surface area contributed by atoms with Crippen LogP contribution in [0.1, 0.15) is 15.9 Å². The summed E-state index contributed by atoms with van der Waals surface area (Å²) in [7, 11) is 1.42. The van der Waals surface area contributed by atoms with E-state index in [0.29, 0.717) is 10.8 Å². The molecule has 138 valence electrons. The molecule has 3 aromatic rings. The van der Waals surface area contributed by atoms with Gasteiger partial charge in [0, 0.05) is 35.6 Å². The van der Waals surface area contributed by atoms with Gasteiger partial charge in [0.1, 0.15) is 0 Å². The fourth-order valence-electron chi connectivity index (χ4n) is 3.33. The molecule has 2 aromatic carbocycles. The molecule has 1 fully saturated rings. The highest BCUT2D eigenvalue weighted by Gasteiger charge is 2.31. The molecule has 0 unspecified atom stereocenters. The number of hydrogen-bond donors (Lipinski definition) is 0. The van der Waals surface area contributed by atoms with Gasteiger partial charge in [0.05, 0.1) is 24.0 Å². The minimum absolute atomic E-state index is 0.313. The fourth-order valence-corrected chi connectivity index (χ4v) is 4.52. The quantitative estimate of drug-likeness (QED) is 0.610. The van der Waals surface area contributed by atoms with Crippen LogP contribution >= 0.6 is 11.8 Å². The van der Waals surface area contributed by atoms with Gasteiger partial charge in [0.25, 0.3) is 0 Å². The average Bonchev–Trinajstić information content (AvgIpc) is 3.19. The second kappa shape index (κ2) is 7.53. The summed E-state index contributed by atoms with van der Waals surface area (Å²) in [6, 6.07) is 18.4. The van der Waals surface area contributed by atoms with E-state index in [4.69, 9.17) is 4.74 Å². The first-order chi connectivity index (χ1) is 13.2. The Balaban J connectivity index is 1.56. The van der Waals surface area contributed by atoms with Crippen LogP contribution in [0, 0.1) is 6.92 Å². The van der Waals surface area contributed by atoms with Crippen LogP contribution in [0.15, 0.2) is 71.9 Å². The van der Waals surface area contributed by atoms with Crippen molar-refractivity contribution in [1.82, 2.24) is 4.57 Å². The molecule has 2 heterocycles. The molecular weight excluding hydrogens is 356 g/mol. The molecule has 4 nitrogen and oxygen atoms in total. The third-order valence-corrected chi connectivity index (χ3v) is 5.97. The van der Waals surface area contributed by atoms with Gasteiger partial charge in [-0.15, -0.1) is 11.8 Å². The van der Waals surface area contributed by atoms with Gasteiger partial charge in [0.15, 0.2) is 0 Å². The Labute approximate surface area is 163 Å². The third kappa shape index (κ3) is 3.60. The van der Waals surface area contributed by atoms with Crippen LogP contribution in [0.25, 0.3) is 5.69 Å². The smallest absolute Gasteiger partial charge is 0.340 e. The van der Waals surface area contributed by atoms with Gasteiger partial charge in [-0.25, -0.2) is 4.79 Å². The van der Waals surface area contributed by atoms with E-state index in [-0.39, 0.29) is 5.97 Å². The Hall–Kier alpha value is -2.66. The molecule has 1 saturated heterocycles. The summed E-state index contributed by atoms with van der Waals surface area (Å²) in [6.45, 7) is 4.02. The van der Waals surface area contributed by atoms with Crippen LogP contribution in [0.5, 0.6) is 0 Å². The van der Waals surface area contributed by atoms with Gasteiger partial charge < -0.3 is 14.2 Å². The zero-order chi connectivity index (χ0) is 18.8. The van der Waals surface area contributed by atoms with Gasteiger partial charge >= 0.3 is 5.97 Å². The molecule has 0 amide bonds. The molecular formula is C22H22N2O2S. The van der Waals surface area contributed by atoms with E-state index < -0.39 is 0 Å². The minimum Gasteiger partial charge on any atom is -0.465 e.